The molecule has 1 aliphatic heterocycles. The SMILES string of the molecule is Cl.Oc1ccc([C@@H](CCF)N2CCNCC2)c(O)c1O. The molecule has 0 saturated carbocycles. The highest BCUT2D eigenvalue weighted by Gasteiger charge is 2.26. The molecule has 1 atom stereocenters. The number of halogens is 2. The second kappa shape index (κ2) is 7.52. The highest BCUT2D eigenvalue weighted by atomic mass is 35.5. The number of phenols is 3. The maximum atomic E-state index is 12.8. The van der Waals surface area contributed by atoms with Crippen molar-refractivity contribution in [1.29, 1.82) is 0 Å². The van der Waals surface area contributed by atoms with Crippen molar-refractivity contribution in [2.24, 2.45) is 0 Å². The molecule has 0 aromatic heterocycles. The summed E-state index contributed by atoms with van der Waals surface area (Å²) in [6, 6.07) is 2.56. The number of benzene rings is 1. The fourth-order valence-corrected chi connectivity index (χ4v) is 2.49. The molecule has 1 fully saturated rings. The van der Waals surface area contributed by atoms with E-state index < -0.39 is 12.4 Å². The van der Waals surface area contributed by atoms with Gasteiger partial charge in [0.05, 0.1) is 6.67 Å². The van der Waals surface area contributed by atoms with Crippen LogP contribution in [-0.2, 0) is 0 Å². The number of nitrogens with zero attached hydrogens (tertiary/aromatic N) is 1. The minimum atomic E-state index is -0.545. The highest BCUT2D eigenvalue weighted by molar-refractivity contribution is 5.85. The van der Waals surface area contributed by atoms with E-state index in [-0.39, 0.29) is 36.4 Å². The fraction of sp³-hybridized carbons (Fsp3) is 0.538. The Kier molecular flexibility index (Phi) is 6.32. The van der Waals surface area contributed by atoms with Crippen molar-refractivity contribution in [2.75, 3.05) is 32.9 Å². The van der Waals surface area contributed by atoms with Crippen molar-refractivity contribution in [3.05, 3.63) is 17.7 Å². The lowest BCUT2D eigenvalue weighted by molar-refractivity contribution is 0.154. The van der Waals surface area contributed by atoms with Crippen molar-refractivity contribution in [3.63, 3.8) is 0 Å². The monoisotopic (exact) mass is 306 g/mol. The van der Waals surface area contributed by atoms with Crippen LogP contribution in [0.25, 0.3) is 0 Å². The fourth-order valence-electron chi connectivity index (χ4n) is 2.49. The highest BCUT2D eigenvalue weighted by Crippen LogP contribution is 2.42. The van der Waals surface area contributed by atoms with Crippen LogP contribution < -0.4 is 5.32 Å². The number of phenolic OH excluding ortho intramolecular Hbond substituents is 3. The van der Waals surface area contributed by atoms with Crippen molar-refractivity contribution >= 4 is 12.4 Å². The van der Waals surface area contributed by atoms with Crippen molar-refractivity contribution in [3.8, 4) is 17.2 Å². The molecule has 0 radical (unpaired) electrons. The molecular weight excluding hydrogens is 287 g/mol. The third-order valence-corrected chi connectivity index (χ3v) is 3.50. The third kappa shape index (κ3) is 3.45. The zero-order valence-electron chi connectivity index (χ0n) is 11.0. The van der Waals surface area contributed by atoms with Gasteiger partial charge < -0.3 is 20.6 Å². The molecule has 5 nitrogen and oxygen atoms in total. The standard InChI is InChI=1S/C13H19FN2O3.ClH/c14-4-3-10(16-7-5-15-6-8-16)9-1-2-11(17)13(19)12(9)18;/h1-2,10,15,17-19H,3-8H2;1H/t10-;/m1./s1. The van der Waals surface area contributed by atoms with E-state index in [1.165, 1.54) is 12.1 Å². The third-order valence-electron chi connectivity index (χ3n) is 3.50. The van der Waals surface area contributed by atoms with Gasteiger partial charge in [-0.2, -0.15) is 0 Å². The number of hydrogen-bond acceptors (Lipinski definition) is 5. The molecule has 114 valence electrons. The first-order chi connectivity index (χ1) is 9.15. The van der Waals surface area contributed by atoms with Gasteiger partial charge in [-0.15, -0.1) is 12.4 Å². The van der Waals surface area contributed by atoms with E-state index in [4.69, 9.17) is 0 Å². The van der Waals surface area contributed by atoms with Crippen LogP contribution in [0.3, 0.4) is 0 Å². The van der Waals surface area contributed by atoms with E-state index in [2.05, 4.69) is 10.2 Å². The molecule has 0 amide bonds. The Hall–Kier alpha value is -1.24. The summed E-state index contributed by atoms with van der Waals surface area (Å²) in [5, 5.41) is 32.1. The van der Waals surface area contributed by atoms with Gasteiger partial charge in [0.25, 0.3) is 0 Å². The second-order valence-corrected chi connectivity index (χ2v) is 4.65. The van der Waals surface area contributed by atoms with Crippen LogP contribution in [0.1, 0.15) is 18.0 Å². The quantitative estimate of drug-likeness (QED) is 0.635. The van der Waals surface area contributed by atoms with Crippen molar-refractivity contribution in [1.82, 2.24) is 10.2 Å². The number of aromatic hydroxyl groups is 3. The van der Waals surface area contributed by atoms with Crippen LogP contribution in [0.5, 0.6) is 17.2 Å². The molecule has 0 aliphatic carbocycles. The van der Waals surface area contributed by atoms with E-state index >= 15 is 0 Å². The van der Waals surface area contributed by atoms with E-state index in [1.54, 1.807) is 0 Å². The zero-order valence-corrected chi connectivity index (χ0v) is 11.9. The largest absolute Gasteiger partial charge is 0.504 e. The van der Waals surface area contributed by atoms with E-state index in [9.17, 15) is 19.7 Å². The molecule has 2 rings (SSSR count). The summed E-state index contributed by atoms with van der Waals surface area (Å²) in [6.45, 7) is 2.63. The van der Waals surface area contributed by atoms with Crippen LogP contribution in [0, 0.1) is 0 Å². The van der Waals surface area contributed by atoms with Crippen molar-refractivity contribution < 1.29 is 19.7 Å². The molecule has 0 unspecified atom stereocenters. The molecule has 1 saturated heterocycles. The van der Waals surface area contributed by atoms with Gasteiger partial charge in [-0.25, -0.2) is 0 Å². The minimum absolute atomic E-state index is 0. The van der Waals surface area contributed by atoms with Crippen LogP contribution in [0.2, 0.25) is 0 Å². The second-order valence-electron chi connectivity index (χ2n) is 4.65. The van der Waals surface area contributed by atoms with Gasteiger partial charge in [-0.05, 0) is 18.6 Å². The van der Waals surface area contributed by atoms with Gasteiger partial charge in [-0.1, -0.05) is 0 Å². The lowest BCUT2D eigenvalue weighted by Gasteiger charge is -2.35. The molecule has 0 bridgehead atoms. The molecule has 20 heavy (non-hydrogen) atoms. The van der Waals surface area contributed by atoms with Gasteiger partial charge in [0.2, 0.25) is 5.75 Å². The summed E-state index contributed by atoms with van der Waals surface area (Å²) in [6.07, 6.45) is 0.248. The summed E-state index contributed by atoms with van der Waals surface area (Å²) in [7, 11) is 0. The molecule has 0 spiro atoms. The number of piperazine rings is 1. The van der Waals surface area contributed by atoms with E-state index in [0.717, 1.165) is 26.2 Å². The number of nitrogens with one attached hydrogen (secondary N) is 1. The molecule has 1 aliphatic rings. The maximum absolute atomic E-state index is 12.8. The maximum Gasteiger partial charge on any atom is 0.200 e. The average Bonchev–Trinajstić information content (AvgIpc) is 2.44. The normalized spacial score (nSPS) is 17.4. The summed E-state index contributed by atoms with van der Waals surface area (Å²) in [5.74, 6) is -1.28. The predicted molar refractivity (Wildman–Crippen MR) is 76.5 cm³/mol. The van der Waals surface area contributed by atoms with E-state index in [1.807, 2.05) is 0 Å². The van der Waals surface area contributed by atoms with Gasteiger partial charge in [0.1, 0.15) is 0 Å². The topological polar surface area (TPSA) is 76.0 Å². The van der Waals surface area contributed by atoms with Gasteiger partial charge in [-0.3, -0.25) is 9.29 Å². The Labute approximate surface area is 123 Å². The molecular formula is C13H20ClFN2O3. The Morgan fingerprint density at radius 2 is 1.80 bits per heavy atom. The number of alkyl halides is 1. The van der Waals surface area contributed by atoms with E-state index in [0.29, 0.717) is 5.56 Å². The van der Waals surface area contributed by atoms with Gasteiger partial charge in [0, 0.05) is 37.8 Å². The zero-order chi connectivity index (χ0) is 13.8. The Morgan fingerprint density at radius 1 is 1.15 bits per heavy atom. The van der Waals surface area contributed by atoms with Gasteiger partial charge in [0.15, 0.2) is 11.5 Å². The van der Waals surface area contributed by atoms with Crippen LogP contribution in [0.15, 0.2) is 12.1 Å². The first-order valence-electron chi connectivity index (χ1n) is 6.39. The average molecular weight is 307 g/mol. The molecule has 1 heterocycles. The van der Waals surface area contributed by atoms with Gasteiger partial charge >= 0.3 is 0 Å². The van der Waals surface area contributed by atoms with Crippen molar-refractivity contribution in [2.45, 2.75) is 12.5 Å². The number of rotatable bonds is 4. The molecule has 4 N–H and O–H groups in total. The molecule has 1 aromatic rings. The first-order valence-corrected chi connectivity index (χ1v) is 6.39. The molecule has 7 heteroatoms. The molecule has 1 aromatic carbocycles. The van der Waals surface area contributed by atoms with Crippen LogP contribution in [0.4, 0.5) is 4.39 Å². The summed E-state index contributed by atoms with van der Waals surface area (Å²) >= 11 is 0. The Morgan fingerprint density at radius 3 is 2.40 bits per heavy atom. The lowest BCUT2D eigenvalue weighted by Crippen LogP contribution is -2.45. The van der Waals surface area contributed by atoms with Crippen LogP contribution in [-0.4, -0.2) is 53.1 Å². The summed E-state index contributed by atoms with van der Waals surface area (Å²) in [5.41, 5.74) is 0.454. The smallest absolute Gasteiger partial charge is 0.200 e. The summed E-state index contributed by atoms with van der Waals surface area (Å²) in [4.78, 5) is 2.07. The number of hydrogen-bond donors (Lipinski definition) is 4. The summed E-state index contributed by atoms with van der Waals surface area (Å²) < 4.78 is 12.8. The lowest BCUT2D eigenvalue weighted by atomic mass is 9.99. The van der Waals surface area contributed by atoms with Crippen LogP contribution >= 0.6 is 12.4 Å². The Bertz CT molecular complexity index is 442. The minimum Gasteiger partial charge on any atom is -0.504 e. The first kappa shape index (κ1) is 16.8. The Balaban J connectivity index is 0.00000200. The predicted octanol–water partition coefficient (Wildman–Crippen LogP) is 1.53.